The fraction of sp³-hybridized carbons (Fsp3) is 1.00. The average molecular weight is 258 g/mol. The lowest BCUT2D eigenvalue weighted by atomic mass is 9.96. The molecular weight excluding hydrogens is 223 g/mol. The molecule has 0 aromatic heterocycles. The minimum Gasteiger partial charge on any atom is -0.135 e. The van der Waals surface area contributed by atoms with Crippen LogP contribution in [0.3, 0.4) is 0 Å². The lowest BCUT2D eigenvalue weighted by molar-refractivity contribution is 0.434. The second kappa shape index (κ2) is 12.9. The Morgan fingerprint density at radius 2 is 1.18 bits per heavy atom. The molecule has 0 aliphatic carbocycles. The second-order valence-corrected chi connectivity index (χ2v) is 7.06. The molecule has 0 radical (unpaired) electrons. The Balaban J connectivity index is 3.13. The van der Waals surface area contributed by atoms with Crippen molar-refractivity contribution in [3.8, 4) is 0 Å². The molecule has 0 amide bonds. The van der Waals surface area contributed by atoms with Gasteiger partial charge in [0.25, 0.3) is 0 Å². The summed E-state index contributed by atoms with van der Waals surface area (Å²) in [5.74, 6) is 0.965. The number of hydrogen-bond acceptors (Lipinski definition) is 0. The molecule has 0 rings (SSSR count). The maximum atomic E-state index is 2.90. The summed E-state index contributed by atoms with van der Waals surface area (Å²) >= 11 is 0. The summed E-state index contributed by atoms with van der Waals surface area (Å²) in [6.45, 7) is 7.03. The van der Waals surface area contributed by atoms with Crippen LogP contribution in [0.15, 0.2) is 0 Å². The van der Waals surface area contributed by atoms with E-state index in [0.717, 1.165) is 11.6 Å². The molecule has 3 unspecified atom stereocenters. The van der Waals surface area contributed by atoms with Gasteiger partial charge in [-0.2, -0.15) is 0 Å². The number of rotatable bonds is 12. The van der Waals surface area contributed by atoms with E-state index in [1.807, 2.05) is 0 Å². The quantitative estimate of drug-likeness (QED) is 0.289. The lowest BCUT2D eigenvalue weighted by Gasteiger charge is -2.11. The van der Waals surface area contributed by atoms with Crippen molar-refractivity contribution in [2.45, 2.75) is 97.1 Å². The van der Waals surface area contributed by atoms with Crippen LogP contribution < -0.4 is 0 Å². The van der Waals surface area contributed by atoms with E-state index >= 15 is 0 Å². The summed E-state index contributed by atoms with van der Waals surface area (Å²) in [4.78, 5) is 0. The molecule has 0 aliphatic heterocycles. The summed E-state index contributed by atoms with van der Waals surface area (Å²) in [5.41, 5.74) is 0.812. The van der Waals surface area contributed by atoms with Crippen LogP contribution in [0.5, 0.6) is 0 Å². The topological polar surface area (TPSA) is 0 Å². The van der Waals surface area contributed by atoms with Crippen molar-refractivity contribution in [1.29, 1.82) is 0 Å². The van der Waals surface area contributed by atoms with Crippen LogP contribution in [-0.4, -0.2) is 5.66 Å². The summed E-state index contributed by atoms with van der Waals surface area (Å²) in [6.07, 6.45) is 15.8. The highest BCUT2D eigenvalue weighted by molar-refractivity contribution is 7.17. The van der Waals surface area contributed by atoms with Gasteiger partial charge in [-0.05, 0) is 18.0 Å². The van der Waals surface area contributed by atoms with Gasteiger partial charge in [-0.1, -0.05) is 85.0 Å². The molecule has 0 N–H and O–H groups in total. The van der Waals surface area contributed by atoms with E-state index in [2.05, 4.69) is 30.0 Å². The molecule has 0 nitrogen and oxygen atoms in total. The molecule has 3 atom stereocenters. The minimum atomic E-state index is 0.812. The summed E-state index contributed by atoms with van der Waals surface area (Å²) in [6, 6.07) is 0. The molecule has 0 aromatic carbocycles. The Morgan fingerprint density at radius 3 is 1.65 bits per heavy atom. The zero-order valence-corrected chi connectivity index (χ0v) is 13.7. The fourth-order valence-corrected chi connectivity index (χ4v) is 2.61. The Morgan fingerprint density at radius 1 is 0.706 bits per heavy atom. The van der Waals surface area contributed by atoms with Gasteiger partial charge in [-0.3, -0.25) is 0 Å². The molecule has 0 spiro atoms. The summed E-state index contributed by atoms with van der Waals surface area (Å²) in [7, 11) is 2.90. The normalized spacial score (nSPS) is 14.8. The monoisotopic (exact) mass is 258 g/mol. The maximum Gasteiger partial charge on any atom is -0.0293 e. The van der Waals surface area contributed by atoms with Gasteiger partial charge >= 0.3 is 0 Å². The minimum absolute atomic E-state index is 0.812. The zero-order chi connectivity index (χ0) is 12.9. The smallest absolute Gasteiger partial charge is 0.0293 e. The van der Waals surface area contributed by atoms with Crippen molar-refractivity contribution >= 4 is 9.24 Å². The van der Waals surface area contributed by atoms with Crippen LogP contribution in [0.4, 0.5) is 0 Å². The van der Waals surface area contributed by atoms with E-state index in [0.29, 0.717) is 0 Å². The highest BCUT2D eigenvalue weighted by atomic mass is 31.0. The van der Waals surface area contributed by atoms with Crippen molar-refractivity contribution in [2.75, 3.05) is 0 Å². The third-order valence-corrected chi connectivity index (χ3v) is 3.99. The first-order valence-electron chi connectivity index (χ1n) is 7.92. The van der Waals surface area contributed by atoms with E-state index in [-0.39, 0.29) is 0 Å². The molecule has 0 saturated carbocycles. The first kappa shape index (κ1) is 17.4. The number of unbranched alkanes of at least 4 members (excludes halogenated alkanes) is 6. The van der Waals surface area contributed by atoms with Crippen LogP contribution in [0, 0.1) is 5.92 Å². The molecule has 0 aromatic rings. The van der Waals surface area contributed by atoms with Gasteiger partial charge in [0.2, 0.25) is 0 Å². The zero-order valence-electron chi connectivity index (χ0n) is 12.5. The van der Waals surface area contributed by atoms with Gasteiger partial charge in [-0.25, -0.2) is 0 Å². The van der Waals surface area contributed by atoms with Crippen LogP contribution in [-0.2, 0) is 0 Å². The average Bonchev–Trinajstić information content (AvgIpc) is 2.29. The fourth-order valence-electron chi connectivity index (χ4n) is 2.38. The third-order valence-electron chi connectivity index (χ3n) is 3.66. The van der Waals surface area contributed by atoms with Crippen LogP contribution in [0.1, 0.15) is 91.4 Å². The molecule has 0 heterocycles. The first-order chi connectivity index (χ1) is 8.16. The molecule has 0 aliphatic rings. The van der Waals surface area contributed by atoms with Crippen molar-refractivity contribution in [1.82, 2.24) is 0 Å². The first-order valence-corrected chi connectivity index (χ1v) is 8.59. The highest BCUT2D eigenvalue weighted by Gasteiger charge is 2.02. The van der Waals surface area contributed by atoms with Gasteiger partial charge in [0.1, 0.15) is 0 Å². The van der Waals surface area contributed by atoms with Crippen molar-refractivity contribution in [2.24, 2.45) is 5.92 Å². The van der Waals surface area contributed by atoms with Gasteiger partial charge in [0, 0.05) is 0 Å². The Labute approximate surface area is 113 Å². The van der Waals surface area contributed by atoms with Gasteiger partial charge in [-0.15, -0.1) is 9.24 Å². The second-order valence-electron chi connectivity index (χ2n) is 5.92. The summed E-state index contributed by atoms with van der Waals surface area (Å²) < 4.78 is 0. The van der Waals surface area contributed by atoms with Crippen LogP contribution >= 0.6 is 9.24 Å². The van der Waals surface area contributed by atoms with Gasteiger partial charge in [0.15, 0.2) is 0 Å². The predicted octanol–water partition coefficient (Wildman–Crippen LogP) is 6.20. The molecule has 0 fully saturated rings. The predicted molar refractivity (Wildman–Crippen MR) is 84.8 cm³/mol. The molecule has 1 heteroatoms. The molecule has 17 heavy (non-hydrogen) atoms. The van der Waals surface area contributed by atoms with Crippen LogP contribution in [0.2, 0.25) is 0 Å². The Bertz CT molecular complexity index is 142. The highest BCUT2D eigenvalue weighted by Crippen LogP contribution is 2.18. The Hall–Kier alpha value is 0.430. The van der Waals surface area contributed by atoms with Crippen molar-refractivity contribution in [3.05, 3.63) is 0 Å². The number of hydrogen-bond donors (Lipinski definition) is 0. The largest absolute Gasteiger partial charge is 0.135 e. The van der Waals surface area contributed by atoms with Crippen molar-refractivity contribution in [3.63, 3.8) is 0 Å². The van der Waals surface area contributed by atoms with E-state index in [9.17, 15) is 0 Å². The molecular formula is C16H35P. The molecule has 0 saturated heterocycles. The van der Waals surface area contributed by atoms with E-state index in [4.69, 9.17) is 0 Å². The van der Waals surface area contributed by atoms with Crippen molar-refractivity contribution < 1.29 is 0 Å². The summed E-state index contributed by atoms with van der Waals surface area (Å²) in [5, 5.41) is 0. The Kier molecular flexibility index (Phi) is 13.2. The van der Waals surface area contributed by atoms with E-state index in [1.165, 1.54) is 70.6 Å². The maximum absolute atomic E-state index is 2.90. The van der Waals surface area contributed by atoms with Gasteiger partial charge in [0.05, 0.1) is 0 Å². The third kappa shape index (κ3) is 14.4. The van der Waals surface area contributed by atoms with E-state index < -0.39 is 0 Å². The lowest BCUT2D eigenvalue weighted by Crippen LogP contribution is -1.95. The standard InChI is InChI=1S/C16H35P/c1-4-5-6-9-12-15(2)13-10-7-8-11-14-16(3)17/h15-16H,4-14,17H2,1-3H3. The SMILES string of the molecule is CCCCCCC(C)CCCCCCC(C)P. The molecule has 0 bridgehead atoms. The van der Waals surface area contributed by atoms with Gasteiger partial charge < -0.3 is 0 Å². The van der Waals surface area contributed by atoms with Crippen LogP contribution in [0.25, 0.3) is 0 Å². The molecule has 104 valence electrons. The van der Waals surface area contributed by atoms with E-state index in [1.54, 1.807) is 0 Å².